The van der Waals surface area contributed by atoms with Crippen molar-refractivity contribution in [3.63, 3.8) is 0 Å². The van der Waals surface area contributed by atoms with Gasteiger partial charge in [0.25, 0.3) is 0 Å². The molecule has 0 N–H and O–H groups in total. The minimum atomic E-state index is 0.186. The molecule has 0 aromatic rings. The zero-order valence-electron chi connectivity index (χ0n) is 11.1. The molecule has 1 unspecified atom stereocenters. The fraction of sp³-hybridized carbons (Fsp3) is 0.857. The second-order valence-corrected chi connectivity index (χ2v) is 6.07. The predicted molar refractivity (Wildman–Crippen MR) is 68.3 cm³/mol. The first-order chi connectivity index (χ1) is 8.66. The standard InChI is InChI=1S/C14H22N2O2/c1-15-13(10-3-2-4-10)9-16(14(15)18)11-5-7-12(17)8-6-11/h10-11,13H,2-9H2,1H3. The van der Waals surface area contributed by atoms with Gasteiger partial charge >= 0.3 is 6.03 Å². The van der Waals surface area contributed by atoms with Crippen LogP contribution in [-0.2, 0) is 4.79 Å². The van der Waals surface area contributed by atoms with Crippen LogP contribution >= 0.6 is 0 Å². The number of carbonyl (C=O) groups excluding carboxylic acids is 2. The number of amides is 2. The molecule has 100 valence electrons. The van der Waals surface area contributed by atoms with E-state index in [1.54, 1.807) is 0 Å². The molecule has 2 aliphatic carbocycles. The molecule has 1 atom stereocenters. The third-order valence-corrected chi connectivity index (χ3v) is 5.08. The van der Waals surface area contributed by atoms with Crippen LogP contribution in [0.15, 0.2) is 0 Å². The van der Waals surface area contributed by atoms with Gasteiger partial charge in [-0.05, 0) is 31.6 Å². The SMILES string of the molecule is CN1C(=O)N(C2CCC(=O)CC2)CC1C1CCC1. The van der Waals surface area contributed by atoms with Crippen LogP contribution in [-0.4, -0.2) is 47.3 Å². The average molecular weight is 250 g/mol. The minimum absolute atomic E-state index is 0.186. The molecular weight excluding hydrogens is 228 g/mol. The topological polar surface area (TPSA) is 40.6 Å². The first kappa shape index (κ1) is 12.0. The molecule has 0 spiro atoms. The number of urea groups is 1. The van der Waals surface area contributed by atoms with Crippen LogP contribution in [0.4, 0.5) is 4.79 Å². The highest BCUT2D eigenvalue weighted by Crippen LogP contribution is 2.36. The zero-order valence-corrected chi connectivity index (χ0v) is 11.1. The Bertz CT molecular complexity index is 355. The number of ketones is 1. The lowest BCUT2D eigenvalue weighted by Crippen LogP contribution is -2.40. The lowest BCUT2D eigenvalue weighted by Gasteiger charge is -2.34. The second kappa shape index (κ2) is 4.56. The fourth-order valence-electron chi connectivity index (χ4n) is 3.58. The summed E-state index contributed by atoms with van der Waals surface area (Å²) in [6.45, 7) is 0.888. The molecule has 0 bridgehead atoms. The van der Waals surface area contributed by atoms with Crippen LogP contribution in [0, 0.1) is 5.92 Å². The maximum Gasteiger partial charge on any atom is 0.320 e. The number of hydrogen-bond donors (Lipinski definition) is 0. The smallest absolute Gasteiger partial charge is 0.320 e. The summed E-state index contributed by atoms with van der Waals surface area (Å²) in [6, 6.07) is 0.915. The summed E-state index contributed by atoms with van der Waals surface area (Å²) in [5.41, 5.74) is 0. The first-order valence-corrected chi connectivity index (χ1v) is 7.22. The molecule has 4 nitrogen and oxygen atoms in total. The van der Waals surface area contributed by atoms with Crippen molar-refractivity contribution in [2.75, 3.05) is 13.6 Å². The van der Waals surface area contributed by atoms with Crippen LogP contribution in [0.1, 0.15) is 44.9 Å². The Balaban J connectivity index is 1.66. The molecule has 0 aromatic heterocycles. The van der Waals surface area contributed by atoms with E-state index < -0.39 is 0 Å². The number of likely N-dealkylation sites (N-methyl/N-ethyl adjacent to an activating group) is 1. The molecule has 0 radical (unpaired) electrons. The van der Waals surface area contributed by atoms with E-state index in [4.69, 9.17) is 0 Å². The summed E-state index contributed by atoms with van der Waals surface area (Å²) < 4.78 is 0. The van der Waals surface area contributed by atoms with Crippen molar-refractivity contribution in [2.45, 2.75) is 57.0 Å². The van der Waals surface area contributed by atoms with E-state index in [-0.39, 0.29) is 6.03 Å². The summed E-state index contributed by atoms with van der Waals surface area (Å²) in [5.74, 6) is 1.08. The van der Waals surface area contributed by atoms with Gasteiger partial charge in [0.05, 0.1) is 6.04 Å². The summed E-state index contributed by atoms with van der Waals surface area (Å²) >= 11 is 0. The second-order valence-electron chi connectivity index (χ2n) is 6.07. The molecule has 18 heavy (non-hydrogen) atoms. The van der Waals surface area contributed by atoms with E-state index in [0.29, 0.717) is 36.6 Å². The van der Waals surface area contributed by atoms with Gasteiger partial charge in [0.2, 0.25) is 0 Å². The maximum atomic E-state index is 12.3. The monoisotopic (exact) mass is 250 g/mol. The van der Waals surface area contributed by atoms with Gasteiger partial charge in [0.1, 0.15) is 5.78 Å². The predicted octanol–water partition coefficient (Wildman–Crippen LogP) is 2.03. The van der Waals surface area contributed by atoms with E-state index >= 15 is 0 Å². The average Bonchev–Trinajstić information content (AvgIpc) is 2.57. The first-order valence-electron chi connectivity index (χ1n) is 7.22. The Labute approximate surface area is 108 Å². The van der Waals surface area contributed by atoms with Gasteiger partial charge in [-0.2, -0.15) is 0 Å². The van der Waals surface area contributed by atoms with Crippen molar-refractivity contribution in [2.24, 2.45) is 5.92 Å². The summed E-state index contributed by atoms with van der Waals surface area (Å²) in [6.07, 6.45) is 6.93. The highest BCUT2D eigenvalue weighted by Gasteiger charge is 2.43. The third-order valence-electron chi connectivity index (χ3n) is 5.08. The molecule has 4 heteroatoms. The quantitative estimate of drug-likeness (QED) is 0.752. The zero-order chi connectivity index (χ0) is 12.7. The van der Waals surface area contributed by atoms with E-state index in [1.165, 1.54) is 19.3 Å². The normalized spacial score (nSPS) is 31.1. The number of nitrogens with zero attached hydrogens (tertiary/aromatic N) is 2. The molecule has 2 saturated carbocycles. The Kier molecular flexibility index (Phi) is 3.04. The molecule has 3 aliphatic rings. The van der Waals surface area contributed by atoms with E-state index in [2.05, 4.69) is 0 Å². The van der Waals surface area contributed by atoms with Gasteiger partial charge < -0.3 is 9.80 Å². The fourth-order valence-corrected chi connectivity index (χ4v) is 3.58. The van der Waals surface area contributed by atoms with E-state index in [1.807, 2.05) is 16.8 Å². The Morgan fingerprint density at radius 3 is 2.28 bits per heavy atom. The molecule has 2 amide bonds. The van der Waals surface area contributed by atoms with Crippen LogP contribution in [0.3, 0.4) is 0 Å². The highest BCUT2D eigenvalue weighted by molar-refractivity contribution is 5.80. The van der Waals surface area contributed by atoms with E-state index in [0.717, 1.165) is 19.4 Å². The minimum Gasteiger partial charge on any atom is -0.323 e. The molecular formula is C14H22N2O2. The Morgan fingerprint density at radius 1 is 1.06 bits per heavy atom. The molecule has 1 saturated heterocycles. The third kappa shape index (κ3) is 1.91. The van der Waals surface area contributed by atoms with Gasteiger partial charge in [0, 0.05) is 32.5 Å². The number of hydrogen-bond acceptors (Lipinski definition) is 2. The molecule has 1 heterocycles. The van der Waals surface area contributed by atoms with Gasteiger partial charge in [-0.1, -0.05) is 6.42 Å². The Morgan fingerprint density at radius 2 is 1.72 bits per heavy atom. The lowest BCUT2D eigenvalue weighted by atomic mass is 9.79. The van der Waals surface area contributed by atoms with Crippen molar-refractivity contribution < 1.29 is 9.59 Å². The molecule has 0 aromatic carbocycles. The van der Waals surface area contributed by atoms with Crippen molar-refractivity contribution >= 4 is 11.8 Å². The van der Waals surface area contributed by atoms with Crippen LogP contribution < -0.4 is 0 Å². The Hall–Kier alpha value is -1.06. The van der Waals surface area contributed by atoms with Gasteiger partial charge in [-0.3, -0.25) is 4.79 Å². The molecule has 3 fully saturated rings. The summed E-state index contributed by atoms with van der Waals surface area (Å²) in [5, 5.41) is 0. The number of Topliss-reactive ketones (excluding diaryl/α,β-unsaturated/α-hetero) is 1. The number of rotatable bonds is 2. The number of carbonyl (C=O) groups is 2. The lowest BCUT2D eigenvalue weighted by molar-refractivity contribution is -0.121. The van der Waals surface area contributed by atoms with Crippen molar-refractivity contribution in [1.82, 2.24) is 9.80 Å². The highest BCUT2D eigenvalue weighted by atomic mass is 16.2. The van der Waals surface area contributed by atoms with Crippen LogP contribution in [0.25, 0.3) is 0 Å². The van der Waals surface area contributed by atoms with Crippen LogP contribution in [0.2, 0.25) is 0 Å². The summed E-state index contributed by atoms with van der Waals surface area (Å²) in [4.78, 5) is 27.6. The summed E-state index contributed by atoms with van der Waals surface area (Å²) in [7, 11) is 1.94. The van der Waals surface area contributed by atoms with Crippen molar-refractivity contribution in [1.29, 1.82) is 0 Å². The molecule has 3 rings (SSSR count). The molecule has 1 aliphatic heterocycles. The van der Waals surface area contributed by atoms with Gasteiger partial charge in [-0.25, -0.2) is 4.79 Å². The van der Waals surface area contributed by atoms with Crippen molar-refractivity contribution in [3.05, 3.63) is 0 Å². The van der Waals surface area contributed by atoms with Gasteiger partial charge in [-0.15, -0.1) is 0 Å². The van der Waals surface area contributed by atoms with E-state index in [9.17, 15) is 9.59 Å². The maximum absolute atomic E-state index is 12.3. The van der Waals surface area contributed by atoms with Crippen molar-refractivity contribution in [3.8, 4) is 0 Å². The van der Waals surface area contributed by atoms with Crippen LogP contribution in [0.5, 0.6) is 0 Å². The largest absolute Gasteiger partial charge is 0.323 e. The van der Waals surface area contributed by atoms with Gasteiger partial charge in [0.15, 0.2) is 0 Å².